The molecule has 2 N–H and O–H groups in total. The third-order valence-corrected chi connectivity index (χ3v) is 5.38. The molecule has 2 aliphatic rings. The number of hydrogen-bond donors (Lipinski definition) is 1. The van der Waals surface area contributed by atoms with Crippen molar-refractivity contribution in [2.24, 2.45) is 5.73 Å². The lowest BCUT2D eigenvalue weighted by atomic mass is 10.0. The van der Waals surface area contributed by atoms with Crippen LogP contribution in [0.5, 0.6) is 5.75 Å². The van der Waals surface area contributed by atoms with Gasteiger partial charge in [-0.15, -0.1) is 0 Å². The molecule has 0 saturated carbocycles. The lowest BCUT2D eigenvalue weighted by Crippen LogP contribution is -2.56. The summed E-state index contributed by atoms with van der Waals surface area (Å²) in [6.07, 6.45) is -0.662. The summed E-state index contributed by atoms with van der Waals surface area (Å²) in [5.74, 6) is -2.89. The van der Waals surface area contributed by atoms with Crippen LogP contribution in [0, 0.1) is 0 Å². The van der Waals surface area contributed by atoms with Gasteiger partial charge in [0, 0.05) is 37.4 Å². The number of ether oxygens (including phenoxy) is 1. The Hall–Kier alpha value is -2.68. The zero-order valence-corrected chi connectivity index (χ0v) is 15.4. The van der Waals surface area contributed by atoms with Crippen molar-refractivity contribution in [1.82, 2.24) is 9.80 Å². The number of piperidine rings is 1. The molecule has 0 aliphatic carbocycles. The van der Waals surface area contributed by atoms with Crippen molar-refractivity contribution in [3.63, 3.8) is 0 Å². The minimum Gasteiger partial charge on any atom is -0.497 e. The molecule has 2 unspecified atom stereocenters. The summed E-state index contributed by atoms with van der Waals surface area (Å²) in [4.78, 5) is 27.6. The van der Waals surface area contributed by atoms with E-state index in [0.29, 0.717) is 16.7 Å². The van der Waals surface area contributed by atoms with E-state index in [2.05, 4.69) is 0 Å². The van der Waals surface area contributed by atoms with E-state index >= 15 is 0 Å². The van der Waals surface area contributed by atoms with Crippen LogP contribution in [0.1, 0.15) is 23.4 Å². The molecule has 7 nitrogen and oxygen atoms in total. The molecule has 3 heterocycles. The maximum Gasteiger partial charge on any atom is 0.289 e. The average molecular weight is 393 g/mol. The number of alkyl halides is 2. The molecular formula is C19H21F2N3O4. The number of methoxy groups -OCH3 is 1. The van der Waals surface area contributed by atoms with E-state index in [1.165, 1.54) is 4.90 Å². The van der Waals surface area contributed by atoms with Gasteiger partial charge in [-0.05, 0) is 24.3 Å². The average Bonchev–Trinajstić information content (AvgIpc) is 3.26. The second kappa shape index (κ2) is 6.73. The Balaban J connectivity index is 1.52. The molecule has 150 valence electrons. The third-order valence-electron chi connectivity index (χ3n) is 5.38. The lowest BCUT2D eigenvalue weighted by Gasteiger charge is -2.37. The van der Waals surface area contributed by atoms with Gasteiger partial charge in [0.2, 0.25) is 5.91 Å². The molecule has 9 heteroatoms. The van der Waals surface area contributed by atoms with E-state index in [9.17, 15) is 18.4 Å². The minimum atomic E-state index is -2.93. The first-order valence-corrected chi connectivity index (χ1v) is 9.07. The van der Waals surface area contributed by atoms with Gasteiger partial charge in [0.1, 0.15) is 11.3 Å². The molecule has 2 fully saturated rings. The Labute approximate surface area is 160 Å². The van der Waals surface area contributed by atoms with Crippen molar-refractivity contribution in [2.75, 3.05) is 26.7 Å². The number of amides is 2. The van der Waals surface area contributed by atoms with Crippen LogP contribution in [0.15, 0.2) is 28.7 Å². The van der Waals surface area contributed by atoms with Gasteiger partial charge in [-0.1, -0.05) is 0 Å². The van der Waals surface area contributed by atoms with E-state index in [-0.39, 0.29) is 37.1 Å². The molecule has 2 aliphatic heterocycles. The molecular weight excluding hydrogens is 372 g/mol. The van der Waals surface area contributed by atoms with Crippen LogP contribution in [-0.4, -0.2) is 66.4 Å². The van der Waals surface area contributed by atoms with Crippen LogP contribution in [0.3, 0.4) is 0 Å². The zero-order chi connectivity index (χ0) is 20.1. The molecule has 2 saturated heterocycles. The summed E-state index contributed by atoms with van der Waals surface area (Å²) in [5, 5.41) is 0.716. The van der Waals surface area contributed by atoms with Gasteiger partial charge in [0.15, 0.2) is 5.76 Å². The molecule has 4 rings (SSSR count). The van der Waals surface area contributed by atoms with Crippen molar-refractivity contribution in [1.29, 1.82) is 0 Å². The Morgan fingerprint density at radius 3 is 2.86 bits per heavy atom. The highest BCUT2D eigenvalue weighted by Crippen LogP contribution is 2.31. The van der Waals surface area contributed by atoms with E-state index in [0.717, 1.165) is 4.90 Å². The molecule has 2 amide bonds. The largest absolute Gasteiger partial charge is 0.497 e. The number of benzene rings is 1. The van der Waals surface area contributed by atoms with Crippen molar-refractivity contribution >= 4 is 22.8 Å². The van der Waals surface area contributed by atoms with Crippen LogP contribution in [0.4, 0.5) is 8.78 Å². The Morgan fingerprint density at radius 2 is 2.11 bits per heavy atom. The second-order valence-corrected chi connectivity index (χ2v) is 7.33. The summed E-state index contributed by atoms with van der Waals surface area (Å²) < 4.78 is 38.3. The van der Waals surface area contributed by atoms with Gasteiger partial charge in [0.05, 0.1) is 19.7 Å². The smallest absolute Gasteiger partial charge is 0.289 e. The number of halogens is 2. The predicted octanol–water partition coefficient (Wildman–Crippen LogP) is 1.85. The SMILES string of the molecule is COc1ccc2oc(C(=O)N3CC(N)C(N4CC(F)(F)CCC4=O)C3)cc2c1. The van der Waals surface area contributed by atoms with Crippen LogP contribution in [0.2, 0.25) is 0 Å². The number of fused-ring (bicyclic) bond motifs is 1. The van der Waals surface area contributed by atoms with E-state index in [4.69, 9.17) is 14.9 Å². The Kier molecular flexibility index (Phi) is 4.49. The Bertz CT molecular complexity index is 929. The van der Waals surface area contributed by atoms with Gasteiger partial charge in [-0.2, -0.15) is 0 Å². The number of rotatable bonds is 3. The van der Waals surface area contributed by atoms with Crippen LogP contribution in [0.25, 0.3) is 11.0 Å². The summed E-state index contributed by atoms with van der Waals surface area (Å²) in [6, 6.07) is 5.57. The number of nitrogens with two attached hydrogens (primary N) is 1. The highest BCUT2D eigenvalue weighted by molar-refractivity contribution is 5.96. The maximum atomic E-state index is 13.8. The fourth-order valence-corrected chi connectivity index (χ4v) is 3.87. The highest BCUT2D eigenvalue weighted by atomic mass is 19.3. The molecule has 0 radical (unpaired) electrons. The minimum absolute atomic E-state index is 0.0994. The topological polar surface area (TPSA) is 89.0 Å². The fourth-order valence-electron chi connectivity index (χ4n) is 3.87. The molecule has 1 aromatic heterocycles. The van der Waals surface area contributed by atoms with E-state index < -0.39 is 31.0 Å². The second-order valence-electron chi connectivity index (χ2n) is 7.33. The van der Waals surface area contributed by atoms with Gasteiger partial charge < -0.3 is 24.7 Å². The quantitative estimate of drug-likeness (QED) is 0.860. The third kappa shape index (κ3) is 3.30. The fraction of sp³-hybridized carbons (Fsp3) is 0.474. The highest BCUT2D eigenvalue weighted by Gasteiger charge is 2.46. The monoisotopic (exact) mass is 393 g/mol. The number of likely N-dealkylation sites (tertiary alicyclic amines) is 2. The first-order valence-electron chi connectivity index (χ1n) is 9.07. The zero-order valence-electron chi connectivity index (χ0n) is 15.4. The summed E-state index contributed by atoms with van der Waals surface area (Å²) in [5.41, 5.74) is 6.64. The Morgan fingerprint density at radius 1 is 1.32 bits per heavy atom. The van der Waals surface area contributed by atoms with E-state index in [1.807, 2.05) is 0 Å². The van der Waals surface area contributed by atoms with Crippen molar-refractivity contribution < 1.29 is 27.5 Å². The predicted molar refractivity (Wildman–Crippen MR) is 96.3 cm³/mol. The van der Waals surface area contributed by atoms with Crippen molar-refractivity contribution in [2.45, 2.75) is 30.8 Å². The first-order chi connectivity index (χ1) is 13.3. The number of furan rings is 1. The summed E-state index contributed by atoms with van der Waals surface area (Å²) >= 11 is 0. The van der Waals surface area contributed by atoms with Gasteiger partial charge in [-0.3, -0.25) is 9.59 Å². The standard InChI is InChI=1S/C19H21F2N3O4/c1-27-12-2-3-15-11(6-12)7-16(28-15)18(26)23-8-13(22)14(9-23)24-10-19(20,21)5-4-17(24)25/h2-3,6-7,13-14H,4-5,8-10,22H2,1H3. The van der Waals surface area contributed by atoms with Gasteiger partial charge >= 0.3 is 0 Å². The number of hydrogen-bond acceptors (Lipinski definition) is 5. The first kappa shape index (κ1) is 18.7. The van der Waals surface area contributed by atoms with Gasteiger partial charge in [0.25, 0.3) is 11.8 Å². The molecule has 28 heavy (non-hydrogen) atoms. The van der Waals surface area contributed by atoms with E-state index in [1.54, 1.807) is 31.4 Å². The number of carbonyl (C=O) groups is 2. The molecule has 2 aromatic rings. The van der Waals surface area contributed by atoms with Crippen molar-refractivity contribution in [3.8, 4) is 5.75 Å². The normalized spacial score (nSPS) is 24.8. The van der Waals surface area contributed by atoms with Crippen LogP contribution >= 0.6 is 0 Å². The molecule has 1 aromatic carbocycles. The van der Waals surface area contributed by atoms with Crippen LogP contribution < -0.4 is 10.5 Å². The summed E-state index contributed by atoms with van der Waals surface area (Å²) in [7, 11) is 1.55. The maximum absolute atomic E-state index is 13.8. The molecule has 2 atom stereocenters. The van der Waals surface area contributed by atoms with Crippen molar-refractivity contribution in [3.05, 3.63) is 30.0 Å². The number of carbonyl (C=O) groups excluding carboxylic acids is 2. The molecule has 0 spiro atoms. The summed E-state index contributed by atoms with van der Waals surface area (Å²) in [6.45, 7) is -0.391. The van der Waals surface area contributed by atoms with Gasteiger partial charge in [-0.25, -0.2) is 8.78 Å². The van der Waals surface area contributed by atoms with Crippen LogP contribution in [-0.2, 0) is 4.79 Å². The lowest BCUT2D eigenvalue weighted by molar-refractivity contribution is -0.150. The molecule has 0 bridgehead atoms. The number of nitrogens with zero attached hydrogens (tertiary/aromatic N) is 2.